The molecule has 5 N–H and O–H groups in total. The molecule has 1 unspecified atom stereocenters. The van der Waals surface area contributed by atoms with Crippen molar-refractivity contribution >= 4 is 29.5 Å². The molecule has 0 radical (unpaired) electrons. The zero-order chi connectivity index (χ0) is 36.2. The smallest absolute Gasteiger partial charge is 0.323 e. The summed E-state index contributed by atoms with van der Waals surface area (Å²) in [6, 6.07) is 17.9. The molecular formula is C39H43ClN6O5. The molecule has 1 fully saturated rings. The van der Waals surface area contributed by atoms with Gasteiger partial charge in [0.05, 0.1) is 18.8 Å². The van der Waals surface area contributed by atoms with E-state index in [9.17, 15) is 20.3 Å². The summed E-state index contributed by atoms with van der Waals surface area (Å²) in [5, 5.41) is 43.2. The first kappa shape index (κ1) is 37.3. The number of nitrogens with one attached hydrogen (secondary N) is 3. The number of ether oxygens (including phenoxy) is 2. The summed E-state index contributed by atoms with van der Waals surface area (Å²) in [5.74, 6) is 0.0980. The molecule has 2 heterocycles. The molecule has 0 aliphatic carbocycles. The molecule has 4 aromatic rings. The molecule has 0 saturated carbocycles. The van der Waals surface area contributed by atoms with Gasteiger partial charge in [0, 0.05) is 65.6 Å². The fraction of sp³-hybridized carbons (Fsp3) is 0.333. The maximum absolute atomic E-state index is 11.5. The molecule has 1 atom stereocenters. The third kappa shape index (κ3) is 9.84. The highest BCUT2D eigenvalue weighted by Crippen LogP contribution is 2.35. The Morgan fingerprint density at radius 3 is 2.61 bits per heavy atom. The summed E-state index contributed by atoms with van der Waals surface area (Å²) in [4.78, 5) is 18.1. The maximum atomic E-state index is 11.5. The number of benzene rings is 3. The van der Waals surface area contributed by atoms with Gasteiger partial charge in [-0.1, -0.05) is 35.9 Å². The van der Waals surface area contributed by atoms with Gasteiger partial charge in [0.15, 0.2) is 0 Å². The second-order valence-corrected chi connectivity index (χ2v) is 12.8. The van der Waals surface area contributed by atoms with Crippen molar-refractivity contribution in [2.75, 3.05) is 38.2 Å². The third-order valence-electron chi connectivity index (χ3n) is 8.94. The minimum absolute atomic E-state index is 0.0668. The lowest BCUT2D eigenvalue weighted by Crippen LogP contribution is -2.39. The predicted octanol–water partition coefficient (Wildman–Crippen LogP) is 6.17. The van der Waals surface area contributed by atoms with Crippen molar-refractivity contribution in [1.82, 2.24) is 15.2 Å². The fourth-order valence-corrected chi connectivity index (χ4v) is 6.39. The number of carboxylic acids is 1. The molecule has 266 valence electrons. The number of likely N-dealkylation sites (tertiary alicyclic amines) is 1. The number of aliphatic hydroxyl groups is 1. The largest absolute Gasteiger partial charge is 0.493 e. The maximum Gasteiger partial charge on any atom is 0.323 e. The molecule has 1 aromatic heterocycles. The van der Waals surface area contributed by atoms with E-state index in [1.54, 1.807) is 24.4 Å². The summed E-state index contributed by atoms with van der Waals surface area (Å²) < 4.78 is 12.4. The Bertz CT molecular complexity index is 1870. The van der Waals surface area contributed by atoms with Crippen molar-refractivity contribution in [3.05, 3.63) is 105 Å². The molecule has 1 aliphatic heterocycles. The second kappa shape index (κ2) is 18.3. The number of aromatic nitrogens is 1. The van der Waals surface area contributed by atoms with E-state index in [0.717, 1.165) is 41.1 Å². The summed E-state index contributed by atoms with van der Waals surface area (Å²) in [5.41, 5.74) is 6.73. The van der Waals surface area contributed by atoms with Crippen LogP contribution in [0.15, 0.2) is 67.0 Å². The second-order valence-electron chi connectivity index (χ2n) is 12.4. The third-order valence-corrected chi connectivity index (χ3v) is 9.29. The van der Waals surface area contributed by atoms with E-state index >= 15 is 0 Å². The number of halogens is 1. The summed E-state index contributed by atoms with van der Waals surface area (Å²) in [6.07, 6.45) is 7.94. The van der Waals surface area contributed by atoms with Crippen molar-refractivity contribution in [3.63, 3.8) is 0 Å². The van der Waals surface area contributed by atoms with Crippen molar-refractivity contribution in [3.8, 4) is 28.7 Å². The quantitative estimate of drug-likeness (QED) is 0.0596. The predicted molar refractivity (Wildman–Crippen MR) is 198 cm³/mol. The van der Waals surface area contributed by atoms with Crippen molar-refractivity contribution < 1.29 is 24.5 Å². The number of nitrogens with zero attached hydrogens (tertiary/aromatic N) is 3. The summed E-state index contributed by atoms with van der Waals surface area (Å²) in [7, 11) is 0. The van der Waals surface area contributed by atoms with Crippen LogP contribution in [0.25, 0.3) is 11.1 Å². The van der Waals surface area contributed by atoms with Crippen LogP contribution < -0.4 is 20.1 Å². The molecular weight excluding hydrogens is 668 g/mol. The average Bonchev–Trinajstić information content (AvgIpc) is 3.67. The Balaban J connectivity index is 1.34. The van der Waals surface area contributed by atoms with Crippen LogP contribution in [0.4, 0.5) is 5.69 Å². The van der Waals surface area contributed by atoms with Gasteiger partial charge in [0.25, 0.3) is 0 Å². The highest BCUT2D eigenvalue weighted by molar-refractivity contribution is 6.31. The van der Waals surface area contributed by atoms with Gasteiger partial charge in [0.1, 0.15) is 30.2 Å². The lowest BCUT2D eigenvalue weighted by Gasteiger charge is -2.19. The minimum Gasteiger partial charge on any atom is -0.493 e. The minimum atomic E-state index is -1.18. The molecule has 12 heteroatoms. The van der Waals surface area contributed by atoms with Crippen LogP contribution in [0, 0.1) is 23.7 Å². The highest BCUT2D eigenvalue weighted by atomic mass is 35.5. The van der Waals surface area contributed by atoms with Crippen LogP contribution in [0.1, 0.15) is 52.6 Å². The monoisotopic (exact) mass is 710 g/mol. The Morgan fingerprint density at radius 2 is 1.86 bits per heavy atom. The van der Waals surface area contributed by atoms with E-state index in [0.29, 0.717) is 51.7 Å². The van der Waals surface area contributed by atoms with Gasteiger partial charge in [-0.05, 0) is 91.9 Å². The zero-order valence-corrected chi connectivity index (χ0v) is 29.4. The van der Waals surface area contributed by atoms with Crippen molar-refractivity contribution in [1.29, 1.82) is 10.7 Å². The Kier molecular flexibility index (Phi) is 13.4. The van der Waals surface area contributed by atoms with Crippen LogP contribution in [0.3, 0.4) is 0 Å². The van der Waals surface area contributed by atoms with Gasteiger partial charge < -0.3 is 35.3 Å². The first-order chi connectivity index (χ1) is 24.8. The van der Waals surface area contributed by atoms with Crippen LogP contribution in [-0.4, -0.2) is 71.2 Å². The SMILES string of the molecule is Cc1c(OCCCN2CCCC2)cccc1-c1cccc(NCc2cc(OCc3cncc(C#N)c3)c(CNC(CO)C(=O)O)cc2Cl)c1C=N. The molecule has 0 spiro atoms. The van der Waals surface area contributed by atoms with Crippen LogP contribution in [0.2, 0.25) is 5.02 Å². The van der Waals surface area contributed by atoms with E-state index in [4.69, 9.17) is 26.5 Å². The highest BCUT2D eigenvalue weighted by Gasteiger charge is 2.19. The van der Waals surface area contributed by atoms with E-state index in [1.807, 2.05) is 43.3 Å². The molecule has 0 amide bonds. The molecule has 3 aromatic carbocycles. The average molecular weight is 711 g/mol. The van der Waals surface area contributed by atoms with Gasteiger partial charge in [-0.3, -0.25) is 15.1 Å². The number of hydrogen-bond acceptors (Lipinski definition) is 10. The Labute approximate surface area is 303 Å². The fourth-order valence-electron chi connectivity index (χ4n) is 6.14. The van der Waals surface area contributed by atoms with Gasteiger partial charge in [-0.25, -0.2) is 0 Å². The molecule has 1 saturated heterocycles. The number of hydrogen-bond donors (Lipinski definition) is 5. The molecule has 5 rings (SSSR count). The van der Waals surface area contributed by atoms with Crippen LogP contribution >= 0.6 is 11.6 Å². The normalized spacial score (nSPS) is 13.4. The number of rotatable bonds is 18. The van der Waals surface area contributed by atoms with E-state index in [1.165, 1.54) is 38.3 Å². The topological polar surface area (TPSA) is 164 Å². The molecule has 1 aliphatic rings. The van der Waals surface area contributed by atoms with Gasteiger partial charge in [-0.15, -0.1) is 0 Å². The summed E-state index contributed by atoms with van der Waals surface area (Å²) >= 11 is 6.77. The van der Waals surface area contributed by atoms with Crippen molar-refractivity contribution in [2.45, 2.75) is 51.9 Å². The van der Waals surface area contributed by atoms with Crippen LogP contribution in [-0.2, 0) is 24.5 Å². The molecule has 11 nitrogen and oxygen atoms in total. The van der Waals surface area contributed by atoms with Crippen molar-refractivity contribution in [2.24, 2.45) is 0 Å². The van der Waals surface area contributed by atoms with E-state index in [-0.39, 0.29) is 13.2 Å². The van der Waals surface area contributed by atoms with Gasteiger partial charge in [0.2, 0.25) is 0 Å². The number of pyridine rings is 1. The number of aliphatic carboxylic acids is 1. The molecule has 0 bridgehead atoms. The van der Waals surface area contributed by atoms with E-state index < -0.39 is 18.6 Å². The van der Waals surface area contributed by atoms with Crippen LogP contribution in [0.5, 0.6) is 11.5 Å². The number of carboxylic acid groups (broad SMARTS) is 1. The number of anilines is 1. The van der Waals surface area contributed by atoms with Gasteiger partial charge in [-0.2, -0.15) is 5.26 Å². The molecule has 51 heavy (non-hydrogen) atoms. The van der Waals surface area contributed by atoms with E-state index in [2.05, 4.69) is 26.6 Å². The standard InChI is InChI=1S/C39H43ClN6O5/c1-26-31(7-5-10-37(26)50-14-6-13-46-11-2-3-12-46)32-8-4-9-35(33(32)19-42)44-22-29-17-38(51-25-28-15-27(18-41)20-43-21-28)30(16-34(29)40)23-45-36(24-47)39(48)49/h4-5,7-10,15-17,19-21,36,42,44-45,47H,2-3,6,11-14,22-25H2,1H3,(H,48,49). The Morgan fingerprint density at radius 1 is 1.08 bits per heavy atom. The Hall–Kier alpha value is -4.99. The number of nitriles is 1. The zero-order valence-electron chi connectivity index (χ0n) is 28.6. The lowest BCUT2D eigenvalue weighted by atomic mass is 9.94. The lowest BCUT2D eigenvalue weighted by molar-refractivity contribution is -0.140. The summed E-state index contributed by atoms with van der Waals surface area (Å²) in [6.45, 7) is 5.96. The number of aliphatic hydroxyl groups excluding tert-OH is 1. The first-order valence-electron chi connectivity index (χ1n) is 17.0. The van der Waals surface area contributed by atoms with Gasteiger partial charge >= 0.3 is 5.97 Å². The number of carbonyl (C=O) groups is 1. The first-order valence-corrected chi connectivity index (χ1v) is 17.4.